The van der Waals surface area contributed by atoms with Gasteiger partial charge in [-0.3, -0.25) is 14.5 Å². The summed E-state index contributed by atoms with van der Waals surface area (Å²) in [6.45, 7) is 7.24. The maximum atomic E-state index is 13.0. The number of fused-ring (bicyclic) bond motifs is 1. The molecular weight excluding hydrogens is 442 g/mol. The molecule has 5 rings (SSSR count). The Hall–Kier alpha value is -3.16. The Morgan fingerprint density at radius 3 is 2.57 bits per heavy atom. The molecule has 0 bridgehead atoms. The van der Waals surface area contributed by atoms with E-state index in [9.17, 15) is 9.59 Å². The van der Waals surface area contributed by atoms with E-state index in [4.69, 9.17) is 9.47 Å². The number of nitrogens with zero attached hydrogens (tertiary/aromatic N) is 2. The number of allylic oxidation sites excluding steroid dienone is 1. The third-order valence-corrected chi connectivity index (χ3v) is 7.31. The number of ether oxygens (including phenoxy) is 2. The Balaban J connectivity index is 1.21. The van der Waals surface area contributed by atoms with Crippen molar-refractivity contribution in [2.24, 2.45) is 0 Å². The normalized spacial score (nSPS) is 20.8. The van der Waals surface area contributed by atoms with Crippen LogP contribution in [0.3, 0.4) is 0 Å². The van der Waals surface area contributed by atoms with Crippen LogP contribution in [0.15, 0.2) is 54.7 Å². The zero-order valence-corrected chi connectivity index (χ0v) is 20.3. The van der Waals surface area contributed by atoms with E-state index >= 15 is 0 Å². The van der Waals surface area contributed by atoms with E-state index in [1.54, 1.807) is 4.90 Å². The van der Waals surface area contributed by atoms with E-state index in [1.165, 1.54) is 5.56 Å². The summed E-state index contributed by atoms with van der Waals surface area (Å²) >= 11 is 0. The van der Waals surface area contributed by atoms with Gasteiger partial charge in [0.25, 0.3) is 5.91 Å². The van der Waals surface area contributed by atoms with Gasteiger partial charge < -0.3 is 19.7 Å². The third-order valence-electron chi connectivity index (χ3n) is 7.31. The van der Waals surface area contributed by atoms with Crippen molar-refractivity contribution >= 4 is 11.8 Å². The van der Waals surface area contributed by atoms with E-state index in [-0.39, 0.29) is 11.8 Å². The van der Waals surface area contributed by atoms with Crippen LogP contribution in [0, 0.1) is 0 Å². The molecule has 1 atom stereocenters. The molecule has 3 aliphatic heterocycles. The zero-order chi connectivity index (χ0) is 24.4. The van der Waals surface area contributed by atoms with Gasteiger partial charge in [0.15, 0.2) is 0 Å². The Labute approximate surface area is 206 Å². The van der Waals surface area contributed by atoms with Crippen molar-refractivity contribution in [3.63, 3.8) is 0 Å². The fourth-order valence-electron chi connectivity index (χ4n) is 5.22. The van der Waals surface area contributed by atoms with E-state index in [2.05, 4.69) is 48.1 Å². The third kappa shape index (κ3) is 5.11. The first kappa shape index (κ1) is 23.6. The van der Waals surface area contributed by atoms with Crippen LogP contribution in [0.2, 0.25) is 0 Å². The minimum atomic E-state index is -0.472. The molecule has 3 heterocycles. The average molecular weight is 476 g/mol. The van der Waals surface area contributed by atoms with Gasteiger partial charge in [-0.25, -0.2) is 0 Å². The van der Waals surface area contributed by atoms with E-state index in [0.29, 0.717) is 49.0 Å². The molecule has 3 aliphatic rings. The molecule has 184 valence electrons. The fraction of sp³-hybridized carbons (Fsp3) is 0.429. The van der Waals surface area contributed by atoms with E-state index < -0.39 is 6.04 Å². The lowest BCUT2D eigenvalue weighted by Crippen LogP contribution is -2.49. The van der Waals surface area contributed by atoms with Gasteiger partial charge in [-0.15, -0.1) is 0 Å². The van der Waals surface area contributed by atoms with Crippen molar-refractivity contribution in [1.29, 1.82) is 0 Å². The number of piperidine rings is 1. The van der Waals surface area contributed by atoms with Gasteiger partial charge >= 0.3 is 0 Å². The van der Waals surface area contributed by atoms with Crippen molar-refractivity contribution in [3.8, 4) is 5.75 Å². The second-order valence-corrected chi connectivity index (χ2v) is 9.73. The second kappa shape index (κ2) is 10.2. The number of carbonyl (C=O) groups is 2. The van der Waals surface area contributed by atoms with Gasteiger partial charge in [0, 0.05) is 42.6 Å². The molecule has 0 aromatic heterocycles. The van der Waals surface area contributed by atoms with Crippen molar-refractivity contribution < 1.29 is 19.1 Å². The maximum Gasteiger partial charge on any atom is 0.255 e. The molecule has 1 unspecified atom stereocenters. The van der Waals surface area contributed by atoms with Gasteiger partial charge in [0.2, 0.25) is 5.91 Å². The van der Waals surface area contributed by atoms with Crippen molar-refractivity contribution in [2.45, 2.75) is 57.5 Å². The first-order valence-corrected chi connectivity index (χ1v) is 12.4. The standard InChI is InChI=1S/C28H33N3O4/c1-19-6-11-25(27(32)29-19)31-17-24-23(28(31)33)4-3-5-26(24)35-18-21-9-7-20(8-10-21)16-30(2)22-12-14-34-15-13-22/h3-5,7-10,22,25H,1,6,11-18H2,2H3,(H,29,32). The predicted molar refractivity (Wildman–Crippen MR) is 133 cm³/mol. The van der Waals surface area contributed by atoms with Gasteiger partial charge in [-0.2, -0.15) is 0 Å². The number of hydrogen-bond donors (Lipinski definition) is 1. The first-order chi connectivity index (χ1) is 17.0. The minimum Gasteiger partial charge on any atom is -0.489 e. The molecule has 0 spiro atoms. The summed E-state index contributed by atoms with van der Waals surface area (Å²) in [4.78, 5) is 29.6. The van der Waals surface area contributed by atoms with Crippen LogP contribution in [0.1, 0.15) is 52.7 Å². The molecule has 7 heteroatoms. The first-order valence-electron chi connectivity index (χ1n) is 12.4. The lowest BCUT2D eigenvalue weighted by molar-refractivity contribution is -0.126. The minimum absolute atomic E-state index is 0.115. The molecule has 35 heavy (non-hydrogen) atoms. The SMILES string of the molecule is C=C1CCC(N2Cc3c(OCc4ccc(CN(C)C5CCOCC5)cc4)cccc3C2=O)C(=O)N1. The zero-order valence-electron chi connectivity index (χ0n) is 20.3. The van der Waals surface area contributed by atoms with Crippen LogP contribution in [0.25, 0.3) is 0 Å². The van der Waals surface area contributed by atoms with Gasteiger partial charge in [-0.1, -0.05) is 36.9 Å². The molecule has 2 amide bonds. The quantitative estimate of drug-likeness (QED) is 0.662. The summed E-state index contributed by atoms with van der Waals surface area (Å²) < 4.78 is 11.6. The van der Waals surface area contributed by atoms with Crippen molar-refractivity contribution in [3.05, 3.63) is 77.0 Å². The smallest absolute Gasteiger partial charge is 0.255 e. The lowest BCUT2D eigenvalue weighted by Gasteiger charge is -2.31. The van der Waals surface area contributed by atoms with Crippen LogP contribution in [0.4, 0.5) is 0 Å². The van der Waals surface area contributed by atoms with Gasteiger partial charge in [-0.05, 0) is 56.0 Å². The Kier molecular flexibility index (Phi) is 6.88. The Morgan fingerprint density at radius 1 is 1.09 bits per heavy atom. The van der Waals surface area contributed by atoms with Gasteiger partial charge in [0.1, 0.15) is 18.4 Å². The van der Waals surface area contributed by atoms with Crippen LogP contribution < -0.4 is 10.1 Å². The van der Waals surface area contributed by atoms with Crippen LogP contribution >= 0.6 is 0 Å². The molecule has 7 nitrogen and oxygen atoms in total. The summed E-state index contributed by atoms with van der Waals surface area (Å²) in [5.74, 6) is 0.422. The number of carbonyl (C=O) groups excluding carboxylic acids is 2. The topological polar surface area (TPSA) is 71.1 Å². The summed E-state index contributed by atoms with van der Waals surface area (Å²) in [7, 11) is 2.18. The summed E-state index contributed by atoms with van der Waals surface area (Å²) in [6.07, 6.45) is 3.45. The number of nitrogens with one attached hydrogen (secondary N) is 1. The van der Waals surface area contributed by atoms with Crippen LogP contribution in [0.5, 0.6) is 5.75 Å². The highest BCUT2D eigenvalue weighted by Crippen LogP contribution is 2.34. The molecule has 0 radical (unpaired) electrons. The van der Waals surface area contributed by atoms with Crippen LogP contribution in [-0.2, 0) is 29.2 Å². The summed E-state index contributed by atoms with van der Waals surface area (Å²) in [6, 6.07) is 14.2. The van der Waals surface area contributed by atoms with E-state index in [1.807, 2.05) is 18.2 Å². The number of rotatable bonds is 7. The lowest BCUT2D eigenvalue weighted by atomic mass is 10.0. The average Bonchev–Trinajstić information content (AvgIpc) is 3.21. The molecule has 2 aromatic carbocycles. The van der Waals surface area contributed by atoms with Crippen molar-refractivity contribution in [1.82, 2.24) is 15.1 Å². The number of amides is 2. The highest BCUT2D eigenvalue weighted by molar-refractivity contribution is 6.02. The van der Waals surface area contributed by atoms with Crippen LogP contribution in [-0.4, -0.2) is 54.0 Å². The molecule has 0 saturated carbocycles. The summed E-state index contributed by atoms with van der Waals surface area (Å²) in [5.41, 5.74) is 4.53. The predicted octanol–water partition coefficient (Wildman–Crippen LogP) is 3.62. The second-order valence-electron chi connectivity index (χ2n) is 9.73. The highest BCUT2D eigenvalue weighted by Gasteiger charge is 2.39. The fourth-order valence-corrected chi connectivity index (χ4v) is 5.22. The number of hydrogen-bond acceptors (Lipinski definition) is 5. The highest BCUT2D eigenvalue weighted by atomic mass is 16.5. The Bertz CT molecular complexity index is 1110. The summed E-state index contributed by atoms with van der Waals surface area (Å²) in [5, 5.41) is 2.78. The largest absolute Gasteiger partial charge is 0.489 e. The number of benzene rings is 2. The molecule has 2 fully saturated rings. The Morgan fingerprint density at radius 2 is 1.83 bits per heavy atom. The molecule has 2 aromatic rings. The van der Waals surface area contributed by atoms with E-state index in [0.717, 1.165) is 43.7 Å². The molecule has 2 saturated heterocycles. The molecule has 0 aliphatic carbocycles. The van der Waals surface area contributed by atoms with Crippen molar-refractivity contribution in [2.75, 3.05) is 20.3 Å². The maximum absolute atomic E-state index is 13.0. The molecular formula is C28H33N3O4. The monoisotopic (exact) mass is 475 g/mol. The van der Waals surface area contributed by atoms with Gasteiger partial charge in [0.05, 0.1) is 6.54 Å². The molecule has 1 N–H and O–H groups in total.